The van der Waals surface area contributed by atoms with Crippen LogP contribution in [0.15, 0.2) is 22.7 Å². The van der Waals surface area contributed by atoms with Crippen molar-refractivity contribution in [1.82, 2.24) is 5.32 Å². The number of hydrogen-bond donors (Lipinski definition) is 1. The van der Waals surface area contributed by atoms with Crippen molar-refractivity contribution in [3.8, 4) is 0 Å². The molecular formula is C18H24BrNO. The molecule has 1 aliphatic carbocycles. The van der Waals surface area contributed by atoms with Gasteiger partial charge in [-0.1, -0.05) is 28.4 Å². The summed E-state index contributed by atoms with van der Waals surface area (Å²) in [6, 6.07) is 7.48. The van der Waals surface area contributed by atoms with Gasteiger partial charge in [0, 0.05) is 30.3 Å². The third kappa shape index (κ3) is 2.69. The van der Waals surface area contributed by atoms with E-state index in [4.69, 9.17) is 4.74 Å². The molecule has 21 heavy (non-hydrogen) atoms. The first-order valence-corrected chi connectivity index (χ1v) is 9.16. The molecule has 1 N–H and O–H groups in total. The molecule has 1 spiro atoms. The molecule has 4 rings (SSSR count). The molecule has 1 aromatic rings. The van der Waals surface area contributed by atoms with Gasteiger partial charge in [-0.15, -0.1) is 0 Å². The molecule has 3 heteroatoms. The Morgan fingerprint density at radius 3 is 2.62 bits per heavy atom. The standard InChI is InChI=1S/C18H24BrNO/c19-14-2-3-15(13-4-8-21-9-5-13)16(10-14)17-11-18(12-20-17)6-1-7-18/h2-3,10,13,17,20H,1,4-9,11-12H2. The molecule has 114 valence electrons. The molecule has 2 saturated heterocycles. The van der Waals surface area contributed by atoms with E-state index in [1.54, 1.807) is 11.1 Å². The van der Waals surface area contributed by atoms with E-state index in [0.717, 1.165) is 13.2 Å². The highest BCUT2D eigenvalue weighted by Crippen LogP contribution is 2.51. The Bertz CT molecular complexity index is 520. The van der Waals surface area contributed by atoms with Crippen LogP contribution in [0.2, 0.25) is 0 Å². The Morgan fingerprint density at radius 1 is 1.14 bits per heavy atom. The van der Waals surface area contributed by atoms with Crippen LogP contribution in [0.25, 0.3) is 0 Å². The maximum absolute atomic E-state index is 5.55. The van der Waals surface area contributed by atoms with Crippen molar-refractivity contribution in [1.29, 1.82) is 0 Å². The largest absolute Gasteiger partial charge is 0.381 e. The summed E-state index contributed by atoms with van der Waals surface area (Å²) in [6.07, 6.45) is 7.96. The van der Waals surface area contributed by atoms with E-state index < -0.39 is 0 Å². The van der Waals surface area contributed by atoms with Crippen LogP contribution >= 0.6 is 15.9 Å². The molecule has 1 unspecified atom stereocenters. The summed E-state index contributed by atoms with van der Waals surface area (Å²) in [7, 11) is 0. The molecule has 2 nitrogen and oxygen atoms in total. The minimum absolute atomic E-state index is 0.556. The van der Waals surface area contributed by atoms with Gasteiger partial charge in [-0.25, -0.2) is 0 Å². The molecule has 0 bridgehead atoms. The van der Waals surface area contributed by atoms with Crippen LogP contribution in [0.5, 0.6) is 0 Å². The Labute approximate surface area is 135 Å². The summed E-state index contributed by atoms with van der Waals surface area (Å²) in [5, 5.41) is 3.82. The molecule has 0 aromatic heterocycles. The van der Waals surface area contributed by atoms with Crippen molar-refractivity contribution in [2.24, 2.45) is 5.41 Å². The molecule has 2 aliphatic heterocycles. The summed E-state index contributed by atoms with van der Waals surface area (Å²) in [5.41, 5.74) is 3.73. The van der Waals surface area contributed by atoms with E-state index in [1.165, 1.54) is 49.5 Å². The Kier molecular flexibility index (Phi) is 3.85. The number of halogens is 1. The maximum atomic E-state index is 5.55. The lowest BCUT2D eigenvalue weighted by atomic mass is 9.67. The second kappa shape index (κ2) is 5.68. The zero-order chi connectivity index (χ0) is 14.3. The van der Waals surface area contributed by atoms with Gasteiger partial charge in [-0.2, -0.15) is 0 Å². The first kappa shape index (κ1) is 14.2. The topological polar surface area (TPSA) is 21.3 Å². The van der Waals surface area contributed by atoms with Crippen molar-refractivity contribution in [3.63, 3.8) is 0 Å². The average Bonchev–Trinajstić information content (AvgIpc) is 2.94. The number of hydrogen-bond acceptors (Lipinski definition) is 2. The molecule has 1 atom stereocenters. The van der Waals surface area contributed by atoms with Crippen LogP contribution in [-0.2, 0) is 4.74 Å². The van der Waals surface area contributed by atoms with Gasteiger partial charge < -0.3 is 10.1 Å². The first-order chi connectivity index (χ1) is 10.3. The fraction of sp³-hybridized carbons (Fsp3) is 0.667. The van der Waals surface area contributed by atoms with Crippen molar-refractivity contribution in [3.05, 3.63) is 33.8 Å². The summed E-state index contributed by atoms with van der Waals surface area (Å²) in [4.78, 5) is 0. The number of ether oxygens (including phenoxy) is 1. The summed E-state index contributed by atoms with van der Waals surface area (Å²) >= 11 is 3.67. The number of nitrogens with one attached hydrogen (secondary N) is 1. The third-order valence-corrected chi connectivity index (χ3v) is 6.35. The lowest BCUT2D eigenvalue weighted by Gasteiger charge is -2.37. The minimum Gasteiger partial charge on any atom is -0.381 e. The Balaban J connectivity index is 1.62. The highest BCUT2D eigenvalue weighted by Gasteiger charge is 2.44. The predicted molar refractivity (Wildman–Crippen MR) is 88.6 cm³/mol. The smallest absolute Gasteiger partial charge is 0.0471 e. The van der Waals surface area contributed by atoms with Gasteiger partial charge in [0.2, 0.25) is 0 Å². The Hall–Kier alpha value is -0.380. The molecule has 2 heterocycles. The van der Waals surface area contributed by atoms with Gasteiger partial charge in [-0.05, 0) is 66.7 Å². The second-order valence-electron chi connectivity index (χ2n) is 7.15. The van der Waals surface area contributed by atoms with Crippen molar-refractivity contribution in [2.75, 3.05) is 19.8 Å². The zero-order valence-corrected chi connectivity index (χ0v) is 14.1. The number of rotatable bonds is 2. The molecule has 3 aliphatic rings. The van der Waals surface area contributed by atoms with Crippen molar-refractivity contribution >= 4 is 15.9 Å². The van der Waals surface area contributed by atoms with Gasteiger partial charge in [0.15, 0.2) is 0 Å². The lowest BCUT2D eigenvalue weighted by Crippen LogP contribution is -2.31. The fourth-order valence-electron chi connectivity index (χ4n) is 4.42. The quantitative estimate of drug-likeness (QED) is 0.845. The maximum Gasteiger partial charge on any atom is 0.0471 e. The van der Waals surface area contributed by atoms with E-state index >= 15 is 0 Å². The molecule has 1 aromatic carbocycles. The fourth-order valence-corrected chi connectivity index (χ4v) is 4.80. The molecular weight excluding hydrogens is 326 g/mol. The molecule has 3 fully saturated rings. The van der Waals surface area contributed by atoms with Crippen LogP contribution in [-0.4, -0.2) is 19.8 Å². The first-order valence-electron chi connectivity index (χ1n) is 8.36. The average molecular weight is 350 g/mol. The normalized spacial score (nSPS) is 28.7. The number of benzene rings is 1. The Morgan fingerprint density at radius 2 is 1.95 bits per heavy atom. The summed E-state index contributed by atoms with van der Waals surface area (Å²) < 4.78 is 6.76. The zero-order valence-electron chi connectivity index (χ0n) is 12.5. The van der Waals surface area contributed by atoms with E-state index in [0.29, 0.717) is 17.4 Å². The van der Waals surface area contributed by atoms with Crippen LogP contribution in [0.1, 0.15) is 61.6 Å². The van der Waals surface area contributed by atoms with Crippen LogP contribution in [0, 0.1) is 5.41 Å². The van der Waals surface area contributed by atoms with Crippen molar-refractivity contribution in [2.45, 2.75) is 50.5 Å². The van der Waals surface area contributed by atoms with Gasteiger partial charge in [0.05, 0.1) is 0 Å². The van der Waals surface area contributed by atoms with E-state index in [-0.39, 0.29) is 0 Å². The monoisotopic (exact) mass is 349 g/mol. The third-order valence-electron chi connectivity index (χ3n) is 5.86. The van der Waals surface area contributed by atoms with E-state index in [9.17, 15) is 0 Å². The predicted octanol–water partition coefficient (Wildman–Crippen LogP) is 4.55. The molecule has 0 radical (unpaired) electrons. The van der Waals surface area contributed by atoms with Crippen molar-refractivity contribution < 1.29 is 4.74 Å². The van der Waals surface area contributed by atoms with E-state index in [2.05, 4.69) is 39.4 Å². The van der Waals surface area contributed by atoms with Crippen LogP contribution in [0.4, 0.5) is 0 Å². The molecule has 1 saturated carbocycles. The molecule has 0 amide bonds. The van der Waals surface area contributed by atoms with Crippen LogP contribution in [0.3, 0.4) is 0 Å². The summed E-state index contributed by atoms with van der Waals surface area (Å²) in [6.45, 7) is 3.06. The highest BCUT2D eigenvalue weighted by atomic mass is 79.9. The van der Waals surface area contributed by atoms with Gasteiger partial charge in [-0.3, -0.25) is 0 Å². The van der Waals surface area contributed by atoms with Crippen LogP contribution < -0.4 is 5.32 Å². The van der Waals surface area contributed by atoms with Gasteiger partial charge >= 0.3 is 0 Å². The minimum atomic E-state index is 0.556. The van der Waals surface area contributed by atoms with Gasteiger partial charge in [0.1, 0.15) is 0 Å². The summed E-state index contributed by atoms with van der Waals surface area (Å²) in [5.74, 6) is 0.682. The highest BCUT2D eigenvalue weighted by molar-refractivity contribution is 9.10. The van der Waals surface area contributed by atoms with E-state index in [1.807, 2.05) is 0 Å². The SMILES string of the molecule is Brc1ccc(C2CCOCC2)c(C2CC3(CCC3)CN2)c1. The second-order valence-corrected chi connectivity index (χ2v) is 8.07. The van der Waals surface area contributed by atoms with Gasteiger partial charge in [0.25, 0.3) is 0 Å². The lowest BCUT2D eigenvalue weighted by molar-refractivity contribution is 0.0850.